The average molecular weight is 523 g/mol. The van der Waals surface area contributed by atoms with Gasteiger partial charge in [0.05, 0.1) is 14.2 Å². The van der Waals surface area contributed by atoms with E-state index in [1.807, 2.05) is 0 Å². The number of nitrogens with one attached hydrogen (secondary N) is 1. The second kappa shape index (κ2) is 13.1. The van der Waals surface area contributed by atoms with Gasteiger partial charge in [0, 0.05) is 6.54 Å². The van der Waals surface area contributed by atoms with Crippen molar-refractivity contribution in [3.63, 3.8) is 0 Å². The molecule has 0 aromatic heterocycles. The maximum absolute atomic E-state index is 13.9. The Morgan fingerprint density at radius 1 is 0.811 bits per heavy atom. The van der Waals surface area contributed by atoms with Crippen molar-refractivity contribution in [2.45, 2.75) is 78.3 Å². The molecule has 3 atom stereocenters. The molecule has 0 aliphatic rings. The van der Waals surface area contributed by atoms with Gasteiger partial charge in [-0.15, -0.1) is 0 Å². The van der Waals surface area contributed by atoms with E-state index in [2.05, 4.69) is 5.32 Å². The van der Waals surface area contributed by atoms with Crippen LogP contribution in [0.1, 0.15) is 54.0 Å². The van der Waals surface area contributed by atoms with E-state index < -0.39 is 59.1 Å². The zero-order valence-electron chi connectivity index (χ0n) is 22.9. The molecular formula is C26H38N2O9. The Labute approximate surface area is 217 Å². The highest BCUT2D eigenvalue weighted by molar-refractivity contribution is 6.04. The number of ether oxygens (including phenoxy) is 4. The summed E-state index contributed by atoms with van der Waals surface area (Å²) in [4.78, 5) is 66.0. The molecule has 1 N–H and O–H groups in total. The van der Waals surface area contributed by atoms with Gasteiger partial charge in [-0.3, -0.25) is 9.59 Å². The van der Waals surface area contributed by atoms with Gasteiger partial charge in [-0.25, -0.2) is 14.4 Å². The molecule has 0 radical (unpaired) electrons. The molecular weight excluding hydrogens is 484 g/mol. The number of carbonyl (C=O) groups excluding carboxylic acids is 5. The first-order valence-corrected chi connectivity index (χ1v) is 11.7. The number of esters is 3. The van der Waals surface area contributed by atoms with E-state index in [9.17, 15) is 24.0 Å². The van der Waals surface area contributed by atoms with Crippen LogP contribution in [0.5, 0.6) is 0 Å². The zero-order valence-corrected chi connectivity index (χ0v) is 22.9. The summed E-state index contributed by atoms with van der Waals surface area (Å²) in [5.41, 5.74) is -1.13. The first-order chi connectivity index (χ1) is 17.0. The highest BCUT2D eigenvalue weighted by Crippen LogP contribution is 2.21. The number of hydrogen-bond acceptors (Lipinski definition) is 9. The Morgan fingerprint density at radius 3 is 1.78 bits per heavy atom. The number of nitrogens with zero attached hydrogens (tertiary/aromatic N) is 1. The van der Waals surface area contributed by atoms with Crippen molar-refractivity contribution >= 4 is 29.9 Å². The van der Waals surface area contributed by atoms with Crippen LogP contribution in [0.15, 0.2) is 30.3 Å². The van der Waals surface area contributed by atoms with Crippen LogP contribution >= 0.6 is 0 Å². The molecule has 2 unspecified atom stereocenters. The molecule has 11 nitrogen and oxygen atoms in total. The van der Waals surface area contributed by atoms with Gasteiger partial charge in [-0.2, -0.15) is 0 Å². The topological polar surface area (TPSA) is 138 Å². The maximum atomic E-state index is 13.9. The summed E-state index contributed by atoms with van der Waals surface area (Å²) in [7, 11) is 2.07. The first kappa shape index (κ1) is 31.4. The third kappa shape index (κ3) is 10.1. The van der Waals surface area contributed by atoms with Crippen molar-refractivity contribution < 1.29 is 42.9 Å². The Balaban J connectivity index is 3.54. The van der Waals surface area contributed by atoms with E-state index >= 15 is 0 Å². The standard InChI is InChI=1S/C26H38N2O9/c1-16(21(30)36-25(2,3)4)28(15-17-13-11-10-12-14-17)20(29)18(22(31)34-8)19(23(32)35-9)27-24(33)37-26(5,6)7/h10-14,16,18-19H,15H2,1-9H3,(H,27,33)/t16-,18?,19?/m0/s1. The molecule has 0 heterocycles. The van der Waals surface area contributed by atoms with Gasteiger partial charge in [-0.05, 0) is 54.0 Å². The Hall–Kier alpha value is -3.63. The molecule has 1 aromatic carbocycles. The summed E-state index contributed by atoms with van der Waals surface area (Å²) in [5.74, 6) is -5.78. The molecule has 206 valence electrons. The lowest BCUT2D eigenvalue weighted by molar-refractivity contribution is -0.170. The average Bonchev–Trinajstić information content (AvgIpc) is 2.79. The van der Waals surface area contributed by atoms with Crippen LogP contribution in [-0.4, -0.2) is 72.3 Å². The molecule has 0 spiro atoms. The number of hydrogen-bond donors (Lipinski definition) is 1. The van der Waals surface area contributed by atoms with Gasteiger partial charge in [0.25, 0.3) is 0 Å². The maximum Gasteiger partial charge on any atom is 0.408 e. The summed E-state index contributed by atoms with van der Waals surface area (Å²) >= 11 is 0. The van der Waals surface area contributed by atoms with E-state index in [1.54, 1.807) is 71.9 Å². The lowest BCUT2D eigenvalue weighted by Gasteiger charge is -2.34. The molecule has 0 aliphatic carbocycles. The number of rotatable bonds is 9. The Bertz CT molecular complexity index is 964. The van der Waals surface area contributed by atoms with Gasteiger partial charge in [-0.1, -0.05) is 30.3 Å². The molecule has 0 fully saturated rings. The fraction of sp³-hybridized carbons (Fsp3) is 0.577. The second-order valence-corrected chi connectivity index (χ2v) is 10.3. The summed E-state index contributed by atoms with van der Waals surface area (Å²) in [6, 6.07) is 5.76. The molecule has 0 aliphatic heterocycles. The smallest absolute Gasteiger partial charge is 0.408 e. The van der Waals surface area contributed by atoms with E-state index in [1.165, 1.54) is 6.92 Å². The number of carbonyl (C=O) groups is 5. The minimum atomic E-state index is -1.89. The minimum absolute atomic E-state index is 0.103. The number of amides is 2. The van der Waals surface area contributed by atoms with Crippen molar-refractivity contribution in [3.8, 4) is 0 Å². The third-order valence-electron chi connectivity index (χ3n) is 4.88. The van der Waals surface area contributed by atoms with Crippen molar-refractivity contribution in [1.29, 1.82) is 0 Å². The molecule has 0 saturated heterocycles. The van der Waals surface area contributed by atoms with Crippen LogP contribution in [-0.2, 0) is 44.7 Å². The van der Waals surface area contributed by atoms with Gasteiger partial charge in [0.15, 0.2) is 12.0 Å². The molecule has 0 bridgehead atoms. The summed E-state index contributed by atoms with van der Waals surface area (Å²) in [5, 5.41) is 2.25. The largest absolute Gasteiger partial charge is 0.468 e. The Kier molecular flexibility index (Phi) is 11.1. The highest BCUT2D eigenvalue weighted by Gasteiger charge is 2.46. The van der Waals surface area contributed by atoms with Crippen LogP contribution < -0.4 is 5.32 Å². The highest BCUT2D eigenvalue weighted by atomic mass is 16.6. The first-order valence-electron chi connectivity index (χ1n) is 11.7. The van der Waals surface area contributed by atoms with Crippen LogP contribution in [0.4, 0.5) is 4.79 Å². The van der Waals surface area contributed by atoms with Crippen molar-refractivity contribution in [2.75, 3.05) is 14.2 Å². The number of methoxy groups -OCH3 is 2. The van der Waals surface area contributed by atoms with Crippen LogP contribution in [0, 0.1) is 5.92 Å². The van der Waals surface area contributed by atoms with Crippen LogP contribution in [0.25, 0.3) is 0 Å². The molecule has 37 heavy (non-hydrogen) atoms. The van der Waals surface area contributed by atoms with Crippen molar-refractivity contribution in [3.05, 3.63) is 35.9 Å². The summed E-state index contributed by atoms with van der Waals surface area (Å²) < 4.78 is 20.2. The molecule has 1 aromatic rings. The molecule has 0 saturated carbocycles. The summed E-state index contributed by atoms with van der Waals surface area (Å²) in [6.07, 6.45) is -1.06. The summed E-state index contributed by atoms with van der Waals surface area (Å²) in [6.45, 7) is 11.2. The number of alkyl carbamates (subject to hydrolysis) is 1. The second-order valence-electron chi connectivity index (χ2n) is 10.3. The predicted octanol–water partition coefficient (Wildman–Crippen LogP) is 2.60. The fourth-order valence-electron chi connectivity index (χ4n) is 3.23. The van der Waals surface area contributed by atoms with Crippen LogP contribution in [0.2, 0.25) is 0 Å². The minimum Gasteiger partial charge on any atom is -0.468 e. The lowest BCUT2D eigenvalue weighted by atomic mass is 9.96. The van der Waals surface area contributed by atoms with Gasteiger partial charge >= 0.3 is 24.0 Å². The molecule has 1 rings (SSSR count). The fourth-order valence-corrected chi connectivity index (χ4v) is 3.23. The van der Waals surface area contributed by atoms with Crippen molar-refractivity contribution in [1.82, 2.24) is 10.2 Å². The monoisotopic (exact) mass is 522 g/mol. The van der Waals surface area contributed by atoms with Gasteiger partial charge < -0.3 is 29.2 Å². The van der Waals surface area contributed by atoms with Crippen LogP contribution in [0.3, 0.4) is 0 Å². The van der Waals surface area contributed by atoms with Gasteiger partial charge in [0.2, 0.25) is 5.91 Å². The van der Waals surface area contributed by atoms with E-state index in [0.717, 1.165) is 19.1 Å². The Morgan fingerprint density at radius 2 is 1.32 bits per heavy atom. The third-order valence-corrected chi connectivity index (χ3v) is 4.88. The van der Waals surface area contributed by atoms with Crippen molar-refractivity contribution in [2.24, 2.45) is 5.92 Å². The quantitative estimate of drug-likeness (QED) is 0.295. The predicted molar refractivity (Wildman–Crippen MR) is 133 cm³/mol. The normalized spacial score (nSPS) is 13.9. The van der Waals surface area contributed by atoms with E-state index in [-0.39, 0.29) is 6.54 Å². The molecule has 11 heteroatoms. The number of benzene rings is 1. The van der Waals surface area contributed by atoms with Gasteiger partial charge in [0.1, 0.15) is 17.2 Å². The van der Waals surface area contributed by atoms with E-state index in [0.29, 0.717) is 5.56 Å². The van der Waals surface area contributed by atoms with E-state index in [4.69, 9.17) is 18.9 Å². The zero-order chi connectivity index (χ0) is 28.6. The SMILES string of the molecule is COC(=O)C(NC(=O)OC(C)(C)C)C(C(=O)OC)C(=O)N(Cc1ccccc1)[C@@H](C)C(=O)OC(C)(C)C. The lowest BCUT2D eigenvalue weighted by Crippen LogP contribution is -2.58. The molecule has 2 amide bonds.